The summed E-state index contributed by atoms with van der Waals surface area (Å²) in [5.74, 6) is 2.04. The maximum absolute atomic E-state index is 12.4. The van der Waals surface area contributed by atoms with E-state index in [1.807, 2.05) is 12.1 Å². The molecular weight excluding hydrogens is 346 g/mol. The zero-order valence-electron chi connectivity index (χ0n) is 15.5. The van der Waals surface area contributed by atoms with Gasteiger partial charge in [-0.25, -0.2) is 4.98 Å². The van der Waals surface area contributed by atoms with Crippen LogP contribution in [-0.4, -0.2) is 43.0 Å². The summed E-state index contributed by atoms with van der Waals surface area (Å²) in [6.07, 6.45) is 2.19. The molecule has 1 saturated heterocycles. The third kappa shape index (κ3) is 3.98. The van der Waals surface area contributed by atoms with E-state index in [2.05, 4.69) is 29.0 Å². The third-order valence-electron chi connectivity index (χ3n) is 4.64. The van der Waals surface area contributed by atoms with Gasteiger partial charge in [-0.2, -0.15) is 0 Å². The standard InChI is InChI=1S/C20H23N3O4/c1-13-10-23(11-14(2)27-13)19-6-3-15(8-21-19)9-22-20(24)16-4-5-17-18(7-16)26-12-25-17/h3-8,13-14H,9-12H2,1-2H3,(H,22,24). The zero-order chi connectivity index (χ0) is 18.8. The fourth-order valence-electron chi connectivity index (χ4n) is 3.40. The first-order valence-corrected chi connectivity index (χ1v) is 9.11. The highest BCUT2D eigenvalue weighted by molar-refractivity contribution is 5.94. The topological polar surface area (TPSA) is 72.9 Å². The van der Waals surface area contributed by atoms with Crippen LogP contribution in [0, 0.1) is 0 Å². The summed E-state index contributed by atoms with van der Waals surface area (Å²) >= 11 is 0. The molecule has 3 heterocycles. The predicted octanol–water partition coefficient (Wildman–Crippen LogP) is 2.35. The maximum atomic E-state index is 12.4. The SMILES string of the molecule is CC1CN(c2ccc(CNC(=O)c3ccc4c(c3)OCO4)cn2)CC(C)O1. The molecule has 1 N–H and O–H groups in total. The summed E-state index contributed by atoms with van der Waals surface area (Å²) in [6, 6.07) is 9.16. The molecule has 2 unspecified atom stereocenters. The minimum absolute atomic E-state index is 0.159. The van der Waals surface area contributed by atoms with Gasteiger partial charge >= 0.3 is 0 Å². The van der Waals surface area contributed by atoms with Crippen molar-refractivity contribution < 1.29 is 19.0 Å². The number of fused-ring (bicyclic) bond motifs is 1. The summed E-state index contributed by atoms with van der Waals surface area (Å²) < 4.78 is 16.3. The first-order chi connectivity index (χ1) is 13.1. The second kappa shape index (κ2) is 7.44. The lowest BCUT2D eigenvalue weighted by molar-refractivity contribution is -0.00546. The maximum Gasteiger partial charge on any atom is 0.251 e. The van der Waals surface area contributed by atoms with Crippen molar-refractivity contribution in [1.82, 2.24) is 10.3 Å². The molecule has 1 amide bonds. The van der Waals surface area contributed by atoms with E-state index >= 15 is 0 Å². The molecule has 142 valence electrons. The Kier molecular flexibility index (Phi) is 4.85. The first kappa shape index (κ1) is 17.6. The van der Waals surface area contributed by atoms with Crippen LogP contribution in [-0.2, 0) is 11.3 Å². The smallest absolute Gasteiger partial charge is 0.251 e. The number of morpholine rings is 1. The number of nitrogens with one attached hydrogen (secondary N) is 1. The molecule has 2 aliphatic rings. The number of nitrogens with zero attached hydrogens (tertiary/aromatic N) is 2. The summed E-state index contributed by atoms with van der Waals surface area (Å²) in [5, 5.41) is 2.91. The predicted molar refractivity (Wildman–Crippen MR) is 100 cm³/mol. The van der Waals surface area contributed by atoms with Crippen molar-refractivity contribution >= 4 is 11.7 Å². The van der Waals surface area contributed by atoms with Gasteiger partial charge in [-0.1, -0.05) is 6.07 Å². The lowest BCUT2D eigenvalue weighted by atomic mass is 10.2. The van der Waals surface area contributed by atoms with Gasteiger partial charge in [0.05, 0.1) is 12.2 Å². The Bertz CT molecular complexity index is 814. The second-order valence-electron chi connectivity index (χ2n) is 6.94. The second-order valence-corrected chi connectivity index (χ2v) is 6.94. The Morgan fingerprint density at radius 3 is 2.67 bits per heavy atom. The quantitative estimate of drug-likeness (QED) is 0.892. The van der Waals surface area contributed by atoms with Crippen LogP contribution in [0.1, 0.15) is 29.8 Å². The molecule has 7 nitrogen and oxygen atoms in total. The van der Waals surface area contributed by atoms with E-state index in [4.69, 9.17) is 14.2 Å². The van der Waals surface area contributed by atoms with Crippen molar-refractivity contribution in [1.29, 1.82) is 0 Å². The average molecular weight is 369 g/mol. The Hall–Kier alpha value is -2.80. The van der Waals surface area contributed by atoms with Crippen molar-refractivity contribution in [2.45, 2.75) is 32.6 Å². The van der Waals surface area contributed by atoms with Crippen LogP contribution < -0.4 is 19.7 Å². The summed E-state index contributed by atoms with van der Waals surface area (Å²) in [6.45, 7) is 6.41. The number of anilines is 1. The Balaban J connectivity index is 1.35. The van der Waals surface area contributed by atoms with E-state index in [0.29, 0.717) is 23.6 Å². The summed E-state index contributed by atoms with van der Waals surface area (Å²) in [4.78, 5) is 19.1. The number of ether oxygens (including phenoxy) is 3. The molecule has 1 aromatic heterocycles. The van der Waals surface area contributed by atoms with Crippen molar-refractivity contribution in [2.24, 2.45) is 0 Å². The Labute approximate surface area is 158 Å². The highest BCUT2D eigenvalue weighted by Gasteiger charge is 2.23. The molecule has 0 bridgehead atoms. The van der Waals surface area contributed by atoms with Gasteiger partial charge in [0.1, 0.15) is 5.82 Å². The average Bonchev–Trinajstić information content (AvgIpc) is 3.13. The van der Waals surface area contributed by atoms with Crippen molar-refractivity contribution in [2.75, 3.05) is 24.8 Å². The fraction of sp³-hybridized carbons (Fsp3) is 0.400. The van der Waals surface area contributed by atoms with Gasteiger partial charge < -0.3 is 24.4 Å². The number of amides is 1. The minimum atomic E-state index is -0.159. The molecule has 27 heavy (non-hydrogen) atoms. The van der Waals surface area contributed by atoms with E-state index in [-0.39, 0.29) is 24.9 Å². The number of hydrogen-bond acceptors (Lipinski definition) is 6. The summed E-state index contributed by atoms with van der Waals surface area (Å²) in [5.41, 5.74) is 1.49. The van der Waals surface area contributed by atoms with Gasteiger partial charge in [0.2, 0.25) is 6.79 Å². The van der Waals surface area contributed by atoms with Gasteiger partial charge in [0.15, 0.2) is 11.5 Å². The fourth-order valence-corrected chi connectivity index (χ4v) is 3.40. The third-order valence-corrected chi connectivity index (χ3v) is 4.64. The lowest BCUT2D eigenvalue weighted by Crippen LogP contribution is -2.45. The van der Waals surface area contributed by atoms with Crippen LogP contribution >= 0.6 is 0 Å². The van der Waals surface area contributed by atoms with Crippen molar-refractivity contribution in [3.8, 4) is 11.5 Å². The molecule has 1 fully saturated rings. The van der Waals surface area contributed by atoms with Gasteiger partial charge in [-0.3, -0.25) is 4.79 Å². The molecule has 2 aliphatic heterocycles. The number of rotatable bonds is 4. The zero-order valence-corrected chi connectivity index (χ0v) is 15.5. The van der Waals surface area contributed by atoms with Crippen LogP contribution in [0.4, 0.5) is 5.82 Å². The molecule has 7 heteroatoms. The van der Waals surface area contributed by atoms with Crippen LogP contribution in [0.5, 0.6) is 11.5 Å². The molecule has 4 rings (SSSR count). The summed E-state index contributed by atoms with van der Waals surface area (Å²) in [7, 11) is 0. The monoisotopic (exact) mass is 369 g/mol. The number of benzene rings is 1. The molecular formula is C20H23N3O4. The van der Waals surface area contributed by atoms with Crippen molar-refractivity contribution in [3.05, 3.63) is 47.7 Å². The van der Waals surface area contributed by atoms with Crippen LogP contribution in [0.2, 0.25) is 0 Å². The molecule has 2 atom stereocenters. The molecule has 0 radical (unpaired) electrons. The number of carbonyl (C=O) groups is 1. The van der Waals surface area contributed by atoms with E-state index in [1.165, 1.54) is 0 Å². The first-order valence-electron chi connectivity index (χ1n) is 9.11. The van der Waals surface area contributed by atoms with Gasteiger partial charge in [0, 0.05) is 31.4 Å². The normalized spacial score (nSPS) is 21.2. The molecule has 0 spiro atoms. The van der Waals surface area contributed by atoms with E-state index in [0.717, 1.165) is 24.5 Å². The highest BCUT2D eigenvalue weighted by Crippen LogP contribution is 2.32. The largest absolute Gasteiger partial charge is 0.454 e. The van der Waals surface area contributed by atoms with E-state index < -0.39 is 0 Å². The molecule has 0 saturated carbocycles. The lowest BCUT2D eigenvalue weighted by Gasteiger charge is -2.36. The number of pyridine rings is 1. The van der Waals surface area contributed by atoms with Gasteiger partial charge in [0.25, 0.3) is 5.91 Å². The van der Waals surface area contributed by atoms with Gasteiger partial charge in [-0.15, -0.1) is 0 Å². The molecule has 1 aromatic carbocycles. The minimum Gasteiger partial charge on any atom is -0.454 e. The number of carbonyl (C=O) groups excluding carboxylic acids is 1. The highest BCUT2D eigenvalue weighted by atomic mass is 16.7. The van der Waals surface area contributed by atoms with Crippen molar-refractivity contribution in [3.63, 3.8) is 0 Å². The van der Waals surface area contributed by atoms with Gasteiger partial charge in [-0.05, 0) is 43.7 Å². The van der Waals surface area contributed by atoms with E-state index in [9.17, 15) is 4.79 Å². The van der Waals surface area contributed by atoms with Crippen LogP contribution in [0.3, 0.4) is 0 Å². The van der Waals surface area contributed by atoms with Crippen LogP contribution in [0.25, 0.3) is 0 Å². The van der Waals surface area contributed by atoms with E-state index in [1.54, 1.807) is 24.4 Å². The number of aromatic nitrogens is 1. The number of hydrogen-bond donors (Lipinski definition) is 1. The Morgan fingerprint density at radius 1 is 1.15 bits per heavy atom. The molecule has 0 aliphatic carbocycles. The van der Waals surface area contributed by atoms with Crippen LogP contribution in [0.15, 0.2) is 36.5 Å². The molecule has 2 aromatic rings. The Morgan fingerprint density at radius 2 is 1.93 bits per heavy atom.